The van der Waals surface area contributed by atoms with Crippen LogP contribution < -0.4 is 0 Å². The Morgan fingerprint density at radius 2 is 1.59 bits per heavy atom. The van der Waals surface area contributed by atoms with E-state index in [0.29, 0.717) is 12.1 Å². The predicted molar refractivity (Wildman–Crippen MR) is 82.0 cm³/mol. The van der Waals surface area contributed by atoms with E-state index in [-0.39, 0.29) is 11.8 Å². The van der Waals surface area contributed by atoms with Gasteiger partial charge in [0.25, 0.3) is 0 Å². The van der Waals surface area contributed by atoms with E-state index >= 15 is 0 Å². The summed E-state index contributed by atoms with van der Waals surface area (Å²) < 4.78 is 83.2. The molecule has 0 aliphatic heterocycles. The number of alkyl halides is 6. The molecule has 27 heavy (non-hydrogen) atoms. The molecule has 2 rings (SSSR count). The third kappa shape index (κ3) is 4.86. The van der Waals surface area contributed by atoms with Gasteiger partial charge >= 0.3 is 18.3 Å². The second-order valence-electron chi connectivity index (χ2n) is 5.71. The second kappa shape index (κ2) is 7.05. The molecule has 0 bridgehead atoms. The molecule has 0 saturated carbocycles. The molecular weight excluding hydrogens is 380 g/mol. The van der Waals surface area contributed by atoms with Crippen LogP contribution in [0.15, 0.2) is 31.1 Å². The average molecular weight is 393 g/mol. The Balaban J connectivity index is 2.46. The molecule has 146 valence electrons. The van der Waals surface area contributed by atoms with E-state index in [2.05, 4.69) is 16.7 Å². The number of halogens is 6. The van der Waals surface area contributed by atoms with Gasteiger partial charge in [-0.3, -0.25) is 0 Å². The second-order valence-corrected chi connectivity index (χ2v) is 5.71. The van der Waals surface area contributed by atoms with E-state index in [0.717, 1.165) is 11.0 Å². The molecule has 0 N–H and O–H groups in total. The van der Waals surface area contributed by atoms with Crippen molar-refractivity contribution in [3.63, 3.8) is 0 Å². The van der Waals surface area contributed by atoms with Crippen molar-refractivity contribution in [3.05, 3.63) is 42.2 Å². The van der Waals surface area contributed by atoms with Crippen LogP contribution in [0.5, 0.6) is 0 Å². The average Bonchev–Trinajstić information content (AvgIpc) is 3.01. The maximum absolute atomic E-state index is 12.9. The van der Waals surface area contributed by atoms with Gasteiger partial charge in [0, 0.05) is 5.56 Å². The first-order valence-electron chi connectivity index (χ1n) is 7.41. The lowest BCUT2D eigenvalue weighted by atomic mass is 10.0. The van der Waals surface area contributed by atoms with Crippen molar-refractivity contribution >= 4 is 11.7 Å². The predicted octanol–water partition coefficient (Wildman–Crippen LogP) is 4.41. The monoisotopic (exact) mass is 393 g/mol. The minimum absolute atomic E-state index is 0.000568. The van der Waals surface area contributed by atoms with Gasteiger partial charge in [0.2, 0.25) is 0 Å². The van der Waals surface area contributed by atoms with E-state index in [4.69, 9.17) is 4.74 Å². The first-order valence-corrected chi connectivity index (χ1v) is 7.41. The summed E-state index contributed by atoms with van der Waals surface area (Å²) in [5, 5.41) is 3.73. The molecule has 0 aliphatic rings. The van der Waals surface area contributed by atoms with Crippen LogP contribution >= 0.6 is 0 Å². The highest BCUT2D eigenvalue weighted by atomic mass is 19.4. The van der Waals surface area contributed by atoms with Gasteiger partial charge in [-0.05, 0) is 32.0 Å². The maximum Gasteiger partial charge on any atom is 0.416 e. The number of hydrogen-bond donors (Lipinski definition) is 0. The highest BCUT2D eigenvalue weighted by molar-refractivity contribution is 6.08. The fourth-order valence-electron chi connectivity index (χ4n) is 1.99. The lowest BCUT2D eigenvalue weighted by molar-refractivity contribution is -0.143. The molecule has 0 spiro atoms. The van der Waals surface area contributed by atoms with Gasteiger partial charge in [-0.15, -0.1) is 5.10 Å². The minimum Gasteiger partial charge on any atom is -0.458 e. The molecule has 0 unspecified atom stereocenters. The zero-order chi connectivity index (χ0) is 20.6. The summed E-state index contributed by atoms with van der Waals surface area (Å²) in [7, 11) is 0. The van der Waals surface area contributed by atoms with Crippen LogP contribution in [0.4, 0.5) is 26.3 Å². The molecule has 0 fully saturated rings. The Labute approximate surface area is 149 Å². The van der Waals surface area contributed by atoms with E-state index in [1.54, 1.807) is 13.8 Å². The molecular formula is C16H13F6N3O2. The summed E-state index contributed by atoms with van der Waals surface area (Å²) in [5.41, 5.74) is -3.81. The Morgan fingerprint density at radius 3 is 2.04 bits per heavy atom. The summed E-state index contributed by atoms with van der Waals surface area (Å²) in [6.07, 6.45) is -9.52. The zero-order valence-electron chi connectivity index (χ0n) is 14.0. The van der Waals surface area contributed by atoms with E-state index in [1.165, 1.54) is 0 Å². The number of aromatic nitrogens is 3. The summed E-state index contributed by atoms with van der Waals surface area (Å²) in [5.74, 6) is -1.30. The number of carbonyl (C=O) groups is 1. The fourth-order valence-corrected chi connectivity index (χ4v) is 1.99. The number of ether oxygens (including phenoxy) is 1. The van der Waals surface area contributed by atoms with Crippen molar-refractivity contribution in [1.29, 1.82) is 0 Å². The Morgan fingerprint density at radius 1 is 1.07 bits per heavy atom. The molecule has 0 amide bonds. The SMILES string of the molecule is C=C(C(=O)OC(C)C)n1cnc(-c2cc(C(F)(F)F)cc(C(F)(F)F)c2)n1. The molecule has 0 saturated heterocycles. The van der Waals surface area contributed by atoms with Crippen LogP contribution in [0.2, 0.25) is 0 Å². The molecule has 5 nitrogen and oxygen atoms in total. The van der Waals surface area contributed by atoms with Crippen LogP contribution in [0.25, 0.3) is 17.1 Å². The molecule has 0 radical (unpaired) electrons. The van der Waals surface area contributed by atoms with E-state index in [1.807, 2.05) is 0 Å². The highest BCUT2D eigenvalue weighted by Gasteiger charge is 2.37. The number of rotatable bonds is 4. The lowest BCUT2D eigenvalue weighted by Gasteiger charge is -2.13. The van der Waals surface area contributed by atoms with E-state index < -0.39 is 46.9 Å². The van der Waals surface area contributed by atoms with Gasteiger partial charge < -0.3 is 4.74 Å². The van der Waals surface area contributed by atoms with Gasteiger partial charge in [0.05, 0.1) is 17.2 Å². The number of esters is 1. The van der Waals surface area contributed by atoms with Crippen LogP contribution in [0.3, 0.4) is 0 Å². The summed E-state index contributed by atoms with van der Waals surface area (Å²) in [6.45, 7) is 6.59. The number of benzene rings is 1. The number of carbonyl (C=O) groups excluding carboxylic acids is 1. The fraction of sp³-hybridized carbons (Fsp3) is 0.312. The number of nitrogens with zero attached hydrogens (tertiary/aromatic N) is 3. The maximum atomic E-state index is 12.9. The normalized spacial score (nSPS) is 12.3. The molecule has 0 aliphatic carbocycles. The van der Waals surface area contributed by atoms with Crippen molar-refractivity contribution < 1.29 is 35.9 Å². The minimum atomic E-state index is -5.00. The molecule has 1 aromatic carbocycles. The topological polar surface area (TPSA) is 57.0 Å². The molecule has 11 heteroatoms. The Hall–Kier alpha value is -2.85. The standard InChI is InChI=1S/C16H13F6N3O2/c1-8(2)27-14(26)9(3)25-7-23-13(24-25)10-4-11(15(17,18)19)6-12(5-10)16(20,21)22/h4-8H,3H2,1-2H3. The summed E-state index contributed by atoms with van der Waals surface area (Å²) >= 11 is 0. The van der Waals surface area contributed by atoms with Gasteiger partial charge in [0.1, 0.15) is 12.0 Å². The van der Waals surface area contributed by atoms with Crippen molar-refractivity contribution in [1.82, 2.24) is 14.8 Å². The lowest BCUT2D eigenvalue weighted by Crippen LogP contribution is -2.16. The van der Waals surface area contributed by atoms with Crippen LogP contribution in [0, 0.1) is 0 Å². The van der Waals surface area contributed by atoms with Gasteiger partial charge in [-0.2, -0.15) is 26.3 Å². The third-order valence-electron chi connectivity index (χ3n) is 3.19. The van der Waals surface area contributed by atoms with Crippen molar-refractivity contribution in [3.8, 4) is 11.4 Å². The van der Waals surface area contributed by atoms with Crippen molar-refractivity contribution in [2.45, 2.75) is 32.3 Å². The summed E-state index contributed by atoms with van der Waals surface area (Å²) in [4.78, 5) is 15.4. The summed E-state index contributed by atoms with van der Waals surface area (Å²) in [6, 6.07) is 0.980. The van der Waals surface area contributed by atoms with Crippen molar-refractivity contribution in [2.24, 2.45) is 0 Å². The van der Waals surface area contributed by atoms with Crippen LogP contribution in [0.1, 0.15) is 25.0 Å². The Bertz CT molecular complexity index is 836. The van der Waals surface area contributed by atoms with Crippen molar-refractivity contribution in [2.75, 3.05) is 0 Å². The Kier molecular flexibility index (Phi) is 5.34. The largest absolute Gasteiger partial charge is 0.458 e. The van der Waals surface area contributed by atoms with Crippen LogP contribution in [-0.4, -0.2) is 26.8 Å². The quantitative estimate of drug-likeness (QED) is 0.439. The smallest absolute Gasteiger partial charge is 0.416 e. The van der Waals surface area contributed by atoms with Gasteiger partial charge in [0.15, 0.2) is 5.82 Å². The molecule has 1 aromatic heterocycles. The zero-order valence-corrected chi connectivity index (χ0v) is 14.0. The first kappa shape index (κ1) is 20.5. The van der Waals surface area contributed by atoms with Gasteiger partial charge in [-0.1, -0.05) is 6.58 Å². The molecule has 0 atom stereocenters. The molecule has 1 heterocycles. The third-order valence-corrected chi connectivity index (χ3v) is 3.19. The molecule has 2 aromatic rings. The first-order chi connectivity index (χ1) is 12.3. The highest BCUT2D eigenvalue weighted by Crippen LogP contribution is 2.38. The van der Waals surface area contributed by atoms with Gasteiger partial charge in [-0.25, -0.2) is 14.5 Å². The van der Waals surface area contributed by atoms with E-state index in [9.17, 15) is 31.1 Å². The number of hydrogen-bond acceptors (Lipinski definition) is 4. The van der Waals surface area contributed by atoms with Crippen LogP contribution in [-0.2, 0) is 21.9 Å².